The Bertz CT molecular complexity index is 1660. The van der Waals surface area contributed by atoms with Gasteiger partial charge in [-0.25, -0.2) is 9.78 Å². The summed E-state index contributed by atoms with van der Waals surface area (Å²) in [5, 5.41) is 22.7. The third-order valence-corrected chi connectivity index (χ3v) is 7.84. The van der Waals surface area contributed by atoms with Crippen molar-refractivity contribution >= 4 is 34.3 Å². The molecule has 3 heterocycles. The van der Waals surface area contributed by atoms with Gasteiger partial charge in [0.15, 0.2) is 0 Å². The molecule has 0 aliphatic carbocycles. The zero-order valence-corrected chi connectivity index (χ0v) is 22.4. The zero-order valence-electron chi connectivity index (χ0n) is 21.6. The van der Waals surface area contributed by atoms with E-state index in [0.29, 0.717) is 10.8 Å². The number of fused-ring (bicyclic) bond motifs is 1. The number of carbonyl (C=O) groups is 1. The molecule has 1 fully saturated rings. The Labute approximate surface area is 236 Å². The molecule has 1 aliphatic rings. The minimum atomic E-state index is -1.06. The van der Waals surface area contributed by atoms with Gasteiger partial charge in [-0.05, 0) is 71.8 Å². The van der Waals surface area contributed by atoms with Crippen LogP contribution in [0.3, 0.4) is 0 Å². The van der Waals surface area contributed by atoms with Crippen LogP contribution < -0.4 is 9.64 Å². The van der Waals surface area contributed by atoms with Crippen LogP contribution in [0.25, 0.3) is 22.2 Å². The second-order valence-corrected chi connectivity index (χ2v) is 10.5. The molecule has 1 atom stereocenters. The third-order valence-electron chi connectivity index (χ3n) is 7.58. The molecule has 0 unspecified atom stereocenters. The summed E-state index contributed by atoms with van der Waals surface area (Å²) in [6, 6.07) is 24.5. The number of ether oxygens (including phenoxy) is 1. The van der Waals surface area contributed by atoms with E-state index in [-0.39, 0.29) is 17.2 Å². The van der Waals surface area contributed by atoms with Crippen LogP contribution in [0.1, 0.15) is 34.9 Å². The summed E-state index contributed by atoms with van der Waals surface area (Å²) in [4.78, 5) is 21.5. The number of pyridine rings is 1. The number of aliphatic hydroxyl groups excluding tert-OH is 1. The highest BCUT2D eigenvalue weighted by atomic mass is 35.5. The summed E-state index contributed by atoms with van der Waals surface area (Å²) in [6.07, 6.45) is 4.36. The average Bonchev–Trinajstić information content (AvgIpc) is 3.45. The Morgan fingerprint density at radius 1 is 1.02 bits per heavy atom. The molecule has 0 spiro atoms. The minimum absolute atomic E-state index is 0.0852. The lowest BCUT2D eigenvalue weighted by Gasteiger charge is -2.36. The normalized spacial score (nSPS) is 14.8. The molecule has 0 amide bonds. The molecule has 7 nitrogen and oxygen atoms in total. The molecule has 5 aromatic rings. The van der Waals surface area contributed by atoms with Crippen LogP contribution in [-0.4, -0.2) is 39.2 Å². The molecule has 0 bridgehead atoms. The van der Waals surface area contributed by atoms with Gasteiger partial charge < -0.3 is 24.8 Å². The van der Waals surface area contributed by atoms with E-state index in [9.17, 15) is 15.0 Å². The van der Waals surface area contributed by atoms with Crippen LogP contribution in [0.2, 0.25) is 5.02 Å². The molecule has 2 aromatic heterocycles. The van der Waals surface area contributed by atoms with E-state index in [1.807, 2.05) is 66.7 Å². The molecular weight excluding hydrogens is 526 g/mol. The van der Waals surface area contributed by atoms with Crippen molar-refractivity contribution in [3.05, 3.63) is 107 Å². The quantitative estimate of drug-likeness (QED) is 0.195. The Hall–Kier alpha value is -4.33. The fourth-order valence-corrected chi connectivity index (χ4v) is 5.57. The van der Waals surface area contributed by atoms with Gasteiger partial charge in [0.2, 0.25) is 0 Å². The smallest absolute Gasteiger partial charge is 0.339 e. The average molecular weight is 554 g/mol. The van der Waals surface area contributed by atoms with E-state index >= 15 is 0 Å². The van der Waals surface area contributed by atoms with Crippen molar-refractivity contribution in [3.63, 3.8) is 0 Å². The highest BCUT2D eigenvalue weighted by Crippen LogP contribution is 2.38. The maximum absolute atomic E-state index is 11.9. The zero-order chi connectivity index (χ0) is 27.6. The summed E-state index contributed by atoms with van der Waals surface area (Å²) in [5.41, 5.74) is 4.64. The van der Waals surface area contributed by atoms with Gasteiger partial charge in [-0.3, -0.25) is 0 Å². The maximum Gasteiger partial charge on any atom is 0.339 e. The van der Waals surface area contributed by atoms with E-state index in [1.54, 1.807) is 24.5 Å². The van der Waals surface area contributed by atoms with Gasteiger partial charge in [-0.2, -0.15) is 0 Å². The number of carboxylic acid groups (broad SMARTS) is 1. The first-order valence-corrected chi connectivity index (χ1v) is 13.6. The van der Waals surface area contributed by atoms with Gasteiger partial charge in [-0.15, -0.1) is 0 Å². The summed E-state index contributed by atoms with van der Waals surface area (Å²) >= 11 is 6.08. The molecule has 6 rings (SSSR count). The van der Waals surface area contributed by atoms with Crippen molar-refractivity contribution in [2.24, 2.45) is 5.92 Å². The van der Waals surface area contributed by atoms with Crippen LogP contribution in [0.5, 0.6) is 11.5 Å². The lowest BCUT2D eigenvalue weighted by atomic mass is 9.84. The standard InChI is InChI=1S/C32H28ClN3O4/c33-23-7-5-20(6-8-23)26-3-1-2-4-27(26)30(37)21-12-15-36(16-13-21)24-9-10-28(32(38)39)29(18-24)40-25-17-22-11-14-34-31(22)35-19-25/h1-11,14,17-19,21,30,37H,12-13,15-16H2,(H,34,35)(H,38,39)/t30-/m0/s1. The van der Waals surface area contributed by atoms with Gasteiger partial charge in [-0.1, -0.05) is 48.0 Å². The summed E-state index contributed by atoms with van der Waals surface area (Å²) < 4.78 is 6.03. The monoisotopic (exact) mass is 553 g/mol. The first-order valence-electron chi connectivity index (χ1n) is 13.2. The lowest BCUT2D eigenvalue weighted by molar-refractivity contribution is 0.0694. The highest BCUT2D eigenvalue weighted by Gasteiger charge is 2.28. The number of aromatic nitrogens is 2. The Kier molecular flexibility index (Phi) is 7.15. The number of piperidine rings is 1. The van der Waals surface area contributed by atoms with Gasteiger partial charge in [0, 0.05) is 41.4 Å². The number of benzene rings is 3. The molecule has 8 heteroatoms. The summed E-state index contributed by atoms with van der Waals surface area (Å²) in [5.74, 6) is -0.232. The van der Waals surface area contributed by atoms with Gasteiger partial charge in [0.1, 0.15) is 22.7 Å². The molecule has 0 radical (unpaired) electrons. The van der Waals surface area contributed by atoms with Crippen LogP contribution in [-0.2, 0) is 0 Å². The number of aromatic carboxylic acids is 1. The second-order valence-electron chi connectivity index (χ2n) is 10.0. The van der Waals surface area contributed by atoms with Gasteiger partial charge >= 0.3 is 5.97 Å². The number of nitrogens with one attached hydrogen (secondary N) is 1. The number of rotatable bonds is 7. The van der Waals surface area contributed by atoms with Crippen molar-refractivity contribution in [2.75, 3.05) is 18.0 Å². The first kappa shape index (κ1) is 25.9. The van der Waals surface area contributed by atoms with E-state index < -0.39 is 12.1 Å². The van der Waals surface area contributed by atoms with Gasteiger partial charge in [0.05, 0.1) is 12.3 Å². The topological polar surface area (TPSA) is 98.7 Å². The third kappa shape index (κ3) is 5.26. The summed E-state index contributed by atoms with van der Waals surface area (Å²) in [6.45, 7) is 1.46. The largest absolute Gasteiger partial charge is 0.478 e. The SMILES string of the molecule is O=C(O)c1ccc(N2CCC([C@H](O)c3ccccc3-c3ccc(Cl)cc3)CC2)cc1Oc1cnc2[nH]ccc2c1. The predicted octanol–water partition coefficient (Wildman–Crippen LogP) is 7.32. The number of aliphatic hydroxyl groups is 1. The van der Waals surface area contributed by atoms with Crippen molar-refractivity contribution < 1.29 is 19.7 Å². The van der Waals surface area contributed by atoms with Crippen molar-refractivity contribution in [1.29, 1.82) is 0 Å². The molecular formula is C32H28ClN3O4. The van der Waals surface area contributed by atoms with E-state index in [4.69, 9.17) is 16.3 Å². The molecule has 0 saturated carbocycles. The summed E-state index contributed by atoms with van der Waals surface area (Å²) in [7, 11) is 0. The van der Waals surface area contributed by atoms with Crippen LogP contribution in [0.4, 0.5) is 5.69 Å². The minimum Gasteiger partial charge on any atom is -0.478 e. The van der Waals surface area contributed by atoms with Crippen LogP contribution in [0.15, 0.2) is 91.3 Å². The Morgan fingerprint density at radius 3 is 2.58 bits per heavy atom. The molecule has 1 aliphatic heterocycles. The number of nitrogens with zero attached hydrogens (tertiary/aromatic N) is 2. The number of H-pyrrole nitrogens is 1. The number of halogens is 1. The van der Waals surface area contributed by atoms with Crippen molar-refractivity contribution in [2.45, 2.75) is 18.9 Å². The molecule has 202 valence electrons. The van der Waals surface area contributed by atoms with Crippen molar-refractivity contribution in [3.8, 4) is 22.6 Å². The van der Waals surface area contributed by atoms with Gasteiger partial charge in [0.25, 0.3) is 0 Å². The molecule has 3 aromatic carbocycles. The van der Waals surface area contributed by atoms with E-state index in [0.717, 1.165) is 59.3 Å². The fraction of sp³-hybridized carbons (Fsp3) is 0.188. The predicted molar refractivity (Wildman–Crippen MR) is 156 cm³/mol. The fourth-order valence-electron chi connectivity index (χ4n) is 5.45. The second kappa shape index (κ2) is 11.0. The van der Waals surface area contributed by atoms with Crippen molar-refractivity contribution in [1.82, 2.24) is 9.97 Å². The van der Waals surface area contributed by atoms with Crippen LogP contribution in [0, 0.1) is 5.92 Å². The number of hydrogen-bond donors (Lipinski definition) is 3. The molecule has 40 heavy (non-hydrogen) atoms. The Morgan fingerprint density at radius 2 is 1.80 bits per heavy atom. The molecule has 1 saturated heterocycles. The molecule has 3 N–H and O–H groups in total. The van der Waals surface area contributed by atoms with E-state index in [2.05, 4.69) is 14.9 Å². The highest BCUT2D eigenvalue weighted by molar-refractivity contribution is 6.30. The number of aromatic amines is 1. The number of anilines is 1. The first-order chi connectivity index (χ1) is 19.5. The van der Waals surface area contributed by atoms with Crippen LogP contribution >= 0.6 is 11.6 Å². The maximum atomic E-state index is 11.9. The number of carboxylic acids is 1. The van der Waals surface area contributed by atoms with E-state index in [1.165, 1.54) is 0 Å². The Balaban J connectivity index is 1.18. The lowest BCUT2D eigenvalue weighted by Crippen LogP contribution is -2.35. The number of hydrogen-bond acceptors (Lipinski definition) is 5.